The van der Waals surface area contributed by atoms with Gasteiger partial charge in [-0.25, -0.2) is 17.6 Å². The van der Waals surface area contributed by atoms with Gasteiger partial charge in [0, 0.05) is 37.1 Å². The van der Waals surface area contributed by atoms with Crippen LogP contribution >= 0.6 is 24.8 Å². The van der Waals surface area contributed by atoms with Crippen molar-refractivity contribution in [1.29, 1.82) is 0 Å². The number of pyridine rings is 2. The smallest absolute Gasteiger partial charge is 0.148 e. The summed E-state index contributed by atoms with van der Waals surface area (Å²) in [5, 5.41) is 0. The van der Waals surface area contributed by atoms with Crippen molar-refractivity contribution in [3.63, 3.8) is 0 Å². The molecule has 0 aliphatic heterocycles. The van der Waals surface area contributed by atoms with Gasteiger partial charge in [-0.05, 0) is 0 Å². The molecule has 0 fully saturated rings. The molecule has 134 valence electrons. The van der Waals surface area contributed by atoms with Crippen LogP contribution in [0.4, 0.5) is 17.6 Å². The molecule has 0 saturated carbocycles. The molecule has 2 unspecified atom stereocenters. The maximum atomic E-state index is 13.8. The Morgan fingerprint density at radius 2 is 1.46 bits per heavy atom. The average Bonchev–Trinajstić information content (AvgIpc) is 2.45. The Morgan fingerprint density at radius 3 is 1.96 bits per heavy atom. The van der Waals surface area contributed by atoms with Crippen LogP contribution in [0, 0.1) is 23.3 Å². The van der Waals surface area contributed by atoms with E-state index in [0.717, 1.165) is 12.4 Å². The molecule has 0 aliphatic rings. The van der Waals surface area contributed by atoms with E-state index in [-0.39, 0.29) is 49.2 Å². The zero-order valence-corrected chi connectivity index (χ0v) is 13.9. The summed E-state index contributed by atoms with van der Waals surface area (Å²) in [6, 6.07) is 0.544. The van der Waals surface area contributed by atoms with Crippen LogP contribution in [-0.4, -0.2) is 22.6 Å². The fraction of sp³-hybridized carbons (Fsp3) is 0.286. The molecule has 4 nitrogen and oxygen atoms in total. The van der Waals surface area contributed by atoms with Gasteiger partial charge < -0.3 is 11.5 Å². The van der Waals surface area contributed by atoms with Gasteiger partial charge in [0.05, 0.1) is 23.8 Å². The van der Waals surface area contributed by atoms with Gasteiger partial charge >= 0.3 is 0 Å². The van der Waals surface area contributed by atoms with Crippen molar-refractivity contribution < 1.29 is 17.6 Å². The monoisotopic (exact) mass is 386 g/mol. The minimum absolute atomic E-state index is 0. The molecule has 2 atom stereocenters. The molecule has 10 heteroatoms. The average molecular weight is 387 g/mol. The summed E-state index contributed by atoms with van der Waals surface area (Å²) in [7, 11) is 0. The van der Waals surface area contributed by atoms with Crippen molar-refractivity contribution in [2.75, 3.05) is 6.54 Å². The molecule has 24 heavy (non-hydrogen) atoms. The van der Waals surface area contributed by atoms with Crippen molar-refractivity contribution in [2.24, 2.45) is 11.5 Å². The molecular weight excluding hydrogens is 371 g/mol. The van der Waals surface area contributed by atoms with E-state index in [9.17, 15) is 17.6 Å². The molecule has 0 spiro atoms. The maximum absolute atomic E-state index is 13.8. The molecule has 0 saturated heterocycles. The van der Waals surface area contributed by atoms with Crippen molar-refractivity contribution in [1.82, 2.24) is 9.97 Å². The summed E-state index contributed by atoms with van der Waals surface area (Å²) in [4.78, 5) is 7.28. The van der Waals surface area contributed by atoms with E-state index < -0.39 is 35.2 Å². The lowest BCUT2D eigenvalue weighted by Crippen LogP contribution is -2.36. The van der Waals surface area contributed by atoms with E-state index >= 15 is 0 Å². The number of hydrogen-bond donors (Lipinski definition) is 2. The van der Waals surface area contributed by atoms with Gasteiger partial charge in [-0.2, -0.15) is 0 Å². The van der Waals surface area contributed by atoms with E-state index in [1.807, 2.05) is 0 Å². The van der Waals surface area contributed by atoms with Crippen molar-refractivity contribution in [3.8, 4) is 0 Å². The second-order valence-corrected chi connectivity index (χ2v) is 4.81. The van der Waals surface area contributed by atoms with E-state index in [4.69, 9.17) is 11.5 Å². The second kappa shape index (κ2) is 9.73. The summed E-state index contributed by atoms with van der Waals surface area (Å²) >= 11 is 0. The highest BCUT2D eigenvalue weighted by Gasteiger charge is 2.25. The van der Waals surface area contributed by atoms with Crippen LogP contribution in [0.15, 0.2) is 24.5 Å². The highest BCUT2D eigenvalue weighted by Crippen LogP contribution is 2.22. The minimum Gasteiger partial charge on any atom is -0.330 e. The highest BCUT2D eigenvalue weighted by molar-refractivity contribution is 5.85. The lowest BCUT2D eigenvalue weighted by atomic mass is 9.92. The summed E-state index contributed by atoms with van der Waals surface area (Å²) in [6.45, 7) is -0.0699. The van der Waals surface area contributed by atoms with Gasteiger partial charge in [0.2, 0.25) is 0 Å². The molecule has 2 heterocycles. The number of rotatable bonds is 5. The first-order valence-electron chi connectivity index (χ1n) is 6.49. The molecule has 0 amide bonds. The highest BCUT2D eigenvalue weighted by atomic mass is 35.5. The Bertz CT molecular complexity index is 675. The van der Waals surface area contributed by atoms with Gasteiger partial charge in [-0.3, -0.25) is 9.97 Å². The van der Waals surface area contributed by atoms with Gasteiger partial charge in [-0.15, -0.1) is 24.8 Å². The zero-order chi connectivity index (χ0) is 16.3. The van der Waals surface area contributed by atoms with E-state index in [1.165, 1.54) is 0 Å². The van der Waals surface area contributed by atoms with E-state index in [0.29, 0.717) is 12.1 Å². The number of halogens is 6. The molecule has 4 N–H and O–H groups in total. The number of hydrogen-bond acceptors (Lipinski definition) is 4. The number of nitrogens with zero attached hydrogens (tertiary/aromatic N) is 2. The summed E-state index contributed by atoms with van der Waals surface area (Å²) in [6.07, 6.45) is 1.62. The zero-order valence-electron chi connectivity index (χ0n) is 12.3. The Labute approximate surface area is 148 Å². The molecule has 0 radical (unpaired) electrons. The Morgan fingerprint density at radius 1 is 0.917 bits per heavy atom. The first-order valence-corrected chi connectivity index (χ1v) is 6.49. The predicted molar refractivity (Wildman–Crippen MR) is 86.3 cm³/mol. The standard InChI is InChI=1S/C14H14F4N4.2ClH/c15-7-1-10(17)13(21-5-7)3-12(20)9(4-19)14-11(18)2-8(16)6-22-14;;/h1-2,5-6,9,12H,3-4,19-20H2;2*1H. The predicted octanol–water partition coefficient (Wildman–Crippen LogP) is 2.49. The van der Waals surface area contributed by atoms with Crippen molar-refractivity contribution >= 4 is 24.8 Å². The van der Waals surface area contributed by atoms with Crippen LogP contribution in [0.1, 0.15) is 17.3 Å². The van der Waals surface area contributed by atoms with Crippen LogP contribution < -0.4 is 11.5 Å². The lowest BCUT2D eigenvalue weighted by molar-refractivity contribution is 0.468. The molecule has 0 aromatic carbocycles. The van der Waals surface area contributed by atoms with Gasteiger partial charge in [0.25, 0.3) is 0 Å². The molecule has 2 aromatic heterocycles. The Balaban J connectivity index is 0.00000264. The first-order chi connectivity index (χ1) is 10.4. The van der Waals surface area contributed by atoms with Crippen LogP contribution in [0.25, 0.3) is 0 Å². The lowest BCUT2D eigenvalue weighted by Gasteiger charge is -2.22. The third-order valence-electron chi connectivity index (χ3n) is 3.27. The summed E-state index contributed by atoms with van der Waals surface area (Å²) < 4.78 is 53.1. The number of aromatic nitrogens is 2. The third-order valence-corrected chi connectivity index (χ3v) is 3.27. The fourth-order valence-corrected chi connectivity index (χ4v) is 2.15. The second-order valence-electron chi connectivity index (χ2n) is 4.81. The van der Waals surface area contributed by atoms with Gasteiger partial charge in [-0.1, -0.05) is 0 Å². The van der Waals surface area contributed by atoms with Gasteiger partial charge in [0.1, 0.15) is 23.3 Å². The van der Waals surface area contributed by atoms with Crippen LogP contribution in [0.5, 0.6) is 0 Å². The Hall–Kier alpha value is -1.48. The minimum atomic E-state index is -0.876. The summed E-state index contributed by atoms with van der Waals surface area (Å²) in [5.41, 5.74) is 11.3. The van der Waals surface area contributed by atoms with Crippen LogP contribution in [0.3, 0.4) is 0 Å². The van der Waals surface area contributed by atoms with Crippen LogP contribution in [0.2, 0.25) is 0 Å². The van der Waals surface area contributed by atoms with E-state index in [1.54, 1.807) is 0 Å². The molecule has 2 rings (SSSR count). The molecule has 0 bridgehead atoms. The number of nitrogens with two attached hydrogens (primary N) is 2. The molecule has 0 aliphatic carbocycles. The normalized spacial score (nSPS) is 12.8. The van der Waals surface area contributed by atoms with Crippen molar-refractivity contribution in [3.05, 3.63) is 59.2 Å². The SMILES string of the molecule is Cl.Cl.NCC(c1ncc(F)cc1F)C(N)Cc1ncc(F)cc1F. The summed E-state index contributed by atoms with van der Waals surface area (Å²) in [5.74, 6) is -4.11. The van der Waals surface area contributed by atoms with Crippen molar-refractivity contribution in [2.45, 2.75) is 18.4 Å². The maximum Gasteiger partial charge on any atom is 0.148 e. The Kier molecular flexibility index (Phi) is 9.13. The van der Waals surface area contributed by atoms with E-state index in [2.05, 4.69) is 9.97 Å². The topological polar surface area (TPSA) is 77.8 Å². The van der Waals surface area contributed by atoms with Gasteiger partial charge in [0.15, 0.2) is 0 Å². The first kappa shape index (κ1) is 22.5. The van der Waals surface area contributed by atoms with Crippen LogP contribution in [-0.2, 0) is 6.42 Å². The third kappa shape index (κ3) is 5.27. The molecular formula is C14H16Cl2F4N4. The quantitative estimate of drug-likeness (QED) is 0.773. The largest absolute Gasteiger partial charge is 0.330 e. The molecule has 2 aromatic rings. The fourth-order valence-electron chi connectivity index (χ4n) is 2.15.